The Balaban J connectivity index is 2.20. The molecular formula is C10H8Cl4. The van der Waals surface area contributed by atoms with Crippen molar-refractivity contribution in [2.45, 2.75) is 17.2 Å². The maximum atomic E-state index is 6.27. The summed E-state index contributed by atoms with van der Waals surface area (Å²) < 4.78 is -1.02. The predicted molar refractivity (Wildman–Crippen MR) is 61.0 cm³/mol. The van der Waals surface area contributed by atoms with E-state index in [1.807, 2.05) is 0 Å². The highest BCUT2D eigenvalue weighted by molar-refractivity contribution is 6.58. The van der Waals surface area contributed by atoms with E-state index < -0.39 is 4.33 Å². The lowest BCUT2D eigenvalue weighted by molar-refractivity contribution is 0.313. The first kappa shape index (κ1) is 9.84. The first-order valence-electron chi connectivity index (χ1n) is 4.62. The van der Waals surface area contributed by atoms with Crippen LogP contribution < -0.4 is 0 Å². The number of halogens is 4. The third-order valence-corrected chi connectivity index (χ3v) is 5.79. The standard InChI is InChI=1S/C10H8Cl4/c11-7-5-1-2-6(9(5)3-4-9)10(13,14)8(7)12/h1-2,5-6H,3-4H2. The lowest BCUT2D eigenvalue weighted by Crippen LogP contribution is -2.37. The van der Waals surface area contributed by atoms with Gasteiger partial charge in [-0.15, -0.1) is 0 Å². The molecule has 3 aliphatic rings. The smallest absolute Gasteiger partial charge is 0.0946 e. The van der Waals surface area contributed by atoms with Crippen molar-refractivity contribution >= 4 is 46.4 Å². The minimum absolute atomic E-state index is 0.137. The van der Waals surface area contributed by atoms with Crippen LogP contribution in [-0.2, 0) is 0 Å². The van der Waals surface area contributed by atoms with Crippen LogP contribution in [0.25, 0.3) is 0 Å². The van der Waals surface area contributed by atoms with Crippen molar-refractivity contribution in [3.63, 3.8) is 0 Å². The third-order valence-electron chi connectivity index (χ3n) is 3.73. The molecule has 1 saturated carbocycles. The largest absolute Gasteiger partial charge is 0.161 e. The molecule has 0 aromatic heterocycles. The molecule has 0 N–H and O–H groups in total. The van der Waals surface area contributed by atoms with Crippen molar-refractivity contribution in [1.82, 2.24) is 0 Å². The predicted octanol–water partition coefficient (Wildman–Crippen LogP) is 4.45. The molecule has 0 radical (unpaired) electrons. The van der Waals surface area contributed by atoms with Gasteiger partial charge in [0.05, 0.1) is 5.03 Å². The zero-order valence-corrected chi connectivity index (χ0v) is 10.3. The van der Waals surface area contributed by atoms with E-state index in [1.54, 1.807) is 0 Å². The second-order valence-electron chi connectivity index (χ2n) is 4.36. The van der Waals surface area contributed by atoms with Crippen LogP contribution in [0.15, 0.2) is 22.2 Å². The highest BCUT2D eigenvalue weighted by Gasteiger charge is 2.66. The van der Waals surface area contributed by atoms with E-state index in [9.17, 15) is 0 Å². The number of rotatable bonds is 0. The maximum absolute atomic E-state index is 6.27. The van der Waals surface area contributed by atoms with Crippen molar-refractivity contribution < 1.29 is 0 Å². The highest BCUT2D eigenvalue weighted by Crippen LogP contribution is 2.72. The molecule has 0 aliphatic heterocycles. The average molecular weight is 270 g/mol. The van der Waals surface area contributed by atoms with Crippen LogP contribution in [0.2, 0.25) is 0 Å². The van der Waals surface area contributed by atoms with Crippen LogP contribution in [0.4, 0.5) is 0 Å². The number of alkyl halides is 2. The highest BCUT2D eigenvalue weighted by atomic mass is 35.5. The molecule has 0 saturated heterocycles. The van der Waals surface area contributed by atoms with Crippen LogP contribution in [0.3, 0.4) is 0 Å². The summed E-state index contributed by atoms with van der Waals surface area (Å²) in [6.07, 6.45) is 6.48. The number of allylic oxidation sites excluding steroid dienone is 4. The minimum Gasteiger partial charge on any atom is -0.0946 e. The van der Waals surface area contributed by atoms with E-state index in [0.717, 1.165) is 12.8 Å². The fourth-order valence-corrected chi connectivity index (χ4v) is 4.37. The van der Waals surface area contributed by atoms with Gasteiger partial charge >= 0.3 is 0 Å². The van der Waals surface area contributed by atoms with Gasteiger partial charge in [-0.2, -0.15) is 0 Å². The summed E-state index contributed by atoms with van der Waals surface area (Å²) in [7, 11) is 0. The molecule has 0 heterocycles. The summed E-state index contributed by atoms with van der Waals surface area (Å²) in [6.45, 7) is 0. The molecule has 1 fully saturated rings. The van der Waals surface area contributed by atoms with Gasteiger partial charge in [0.25, 0.3) is 0 Å². The summed E-state index contributed by atoms with van der Waals surface area (Å²) in [6, 6.07) is 0. The molecule has 3 rings (SSSR count). The Morgan fingerprint density at radius 2 is 1.79 bits per heavy atom. The van der Waals surface area contributed by atoms with E-state index in [1.165, 1.54) is 0 Å². The second-order valence-corrected chi connectivity index (χ2v) is 6.53. The van der Waals surface area contributed by atoms with Crippen LogP contribution in [0, 0.1) is 17.3 Å². The Morgan fingerprint density at radius 1 is 1.14 bits per heavy atom. The van der Waals surface area contributed by atoms with Crippen molar-refractivity contribution in [2.75, 3.05) is 0 Å². The van der Waals surface area contributed by atoms with Gasteiger partial charge in [-0.05, 0) is 18.3 Å². The normalized spacial score (nSPS) is 40.9. The fraction of sp³-hybridized carbons (Fsp3) is 0.600. The first-order valence-corrected chi connectivity index (χ1v) is 6.13. The van der Waals surface area contributed by atoms with E-state index >= 15 is 0 Å². The molecule has 0 amide bonds. The van der Waals surface area contributed by atoms with Gasteiger partial charge in [-0.3, -0.25) is 0 Å². The van der Waals surface area contributed by atoms with E-state index in [-0.39, 0.29) is 17.3 Å². The molecular weight excluding hydrogens is 262 g/mol. The Hall–Kier alpha value is 0.640. The average Bonchev–Trinajstić information content (AvgIpc) is 2.77. The third kappa shape index (κ3) is 0.942. The Morgan fingerprint density at radius 3 is 2.36 bits per heavy atom. The van der Waals surface area contributed by atoms with Crippen molar-refractivity contribution in [1.29, 1.82) is 0 Å². The fourth-order valence-electron chi connectivity index (χ4n) is 2.82. The minimum atomic E-state index is -1.02. The van der Waals surface area contributed by atoms with Gasteiger partial charge in [-0.1, -0.05) is 58.6 Å². The van der Waals surface area contributed by atoms with E-state index in [4.69, 9.17) is 46.4 Å². The molecule has 2 atom stereocenters. The van der Waals surface area contributed by atoms with Gasteiger partial charge < -0.3 is 0 Å². The summed E-state index contributed by atoms with van der Waals surface area (Å²) >= 11 is 24.8. The zero-order chi connectivity index (χ0) is 10.1. The van der Waals surface area contributed by atoms with Crippen LogP contribution in [0.1, 0.15) is 12.8 Å². The lowest BCUT2D eigenvalue weighted by atomic mass is 9.77. The quantitative estimate of drug-likeness (QED) is 0.450. The molecule has 2 unspecified atom stereocenters. The summed E-state index contributed by atoms with van der Waals surface area (Å²) in [5, 5.41) is 1.05. The van der Waals surface area contributed by atoms with Crippen LogP contribution >= 0.6 is 46.4 Å². The van der Waals surface area contributed by atoms with Gasteiger partial charge in [0, 0.05) is 16.9 Å². The van der Waals surface area contributed by atoms with Crippen LogP contribution in [0.5, 0.6) is 0 Å². The van der Waals surface area contributed by atoms with Gasteiger partial charge in [-0.25, -0.2) is 0 Å². The van der Waals surface area contributed by atoms with Crippen molar-refractivity contribution in [3.8, 4) is 0 Å². The van der Waals surface area contributed by atoms with Crippen molar-refractivity contribution in [2.24, 2.45) is 17.3 Å². The van der Waals surface area contributed by atoms with Crippen LogP contribution in [-0.4, -0.2) is 4.33 Å². The molecule has 4 heteroatoms. The lowest BCUT2D eigenvalue weighted by Gasteiger charge is -2.39. The topological polar surface area (TPSA) is 0 Å². The van der Waals surface area contributed by atoms with Gasteiger partial charge in [0.2, 0.25) is 0 Å². The Kier molecular flexibility index (Phi) is 1.87. The molecule has 1 spiro atoms. The van der Waals surface area contributed by atoms with Gasteiger partial charge in [0.15, 0.2) is 4.33 Å². The molecule has 3 aliphatic carbocycles. The maximum Gasteiger partial charge on any atom is 0.161 e. The SMILES string of the molecule is ClC1=C(Cl)C(Cl)(Cl)C2C=CC1C21CC1. The number of hydrogen-bond donors (Lipinski definition) is 0. The second kappa shape index (κ2) is 2.66. The number of hydrogen-bond acceptors (Lipinski definition) is 0. The monoisotopic (exact) mass is 268 g/mol. The summed E-state index contributed by atoms with van der Waals surface area (Å²) in [5.74, 6) is 0.394. The Labute approximate surface area is 103 Å². The van der Waals surface area contributed by atoms with Crippen molar-refractivity contribution in [3.05, 3.63) is 22.2 Å². The molecule has 0 aromatic rings. The van der Waals surface area contributed by atoms with Gasteiger partial charge in [0.1, 0.15) is 0 Å². The molecule has 14 heavy (non-hydrogen) atoms. The molecule has 76 valence electrons. The van der Waals surface area contributed by atoms with E-state index in [2.05, 4.69) is 12.2 Å². The van der Waals surface area contributed by atoms with E-state index in [0.29, 0.717) is 10.1 Å². The summed E-state index contributed by atoms with van der Waals surface area (Å²) in [5.41, 5.74) is 0.193. The first-order chi connectivity index (χ1) is 6.50. The summed E-state index contributed by atoms with van der Waals surface area (Å²) in [4.78, 5) is 0. The molecule has 2 bridgehead atoms. The Bertz CT molecular complexity index is 362. The zero-order valence-electron chi connectivity index (χ0n) is 7.24. The molecule has 0 nitrogen and oxygen atoms in total. The molecule has 0 aromatic carbocycles.